The van der Waals surface area contributed by atoms with Gasteiger partial charge in [-0.25, -0.2) is 0 Å². The second kappa shape index (κ2) is 18.3. The van der Waals surface area contributed by atoms with Gasteiger partial charge in [-0.15, -0.1) is 0 Å². The number of hydrogen-bond acceptors (Lipinski definition) is 10. The number of ether oxygens (including phenoxy) is 4. The van der Waals surface area contributed by atoms with Gasteiger partial charge in [0.15, 0.2) is 5.82 Å². The summed E-state index contributed by atoms with van der Waals surface area (Å²) in [6.07, 6.45) is 9.90. The zero-order valence-corrected chi connectivity index (χ0v) is 38.6. The van der Waals surface area contributed by atoms with Crippen molar-refractivity contribution in [2.24, 2.45) is 23.7 Å². The second-order valence-corrected chi connectivity index (χ2v) is 18.9. The van der Waals surface area contributed by atoms with Crippen molar-refractivity contribution in [3.63, 3.8) is 0 Å². The summed E-state index contributed by atoms with van der Waals surface area (Å²) < 4.78 is 27.2. The zero-order valence-electron chi connectivity index (χ0n) is 38.6. The van der Waals surface area contributed by atoms with E-state index in [0.717, 1.165) is 100 Å². The highest BCUT2D eigenvalue weighted by molar-refractivity contribution is 5.85. The van der Waals surface area contributed by atoms with E-state index in [4.69, 9.17) is 38.9 Å². The zero-order chi connectivity index (χ0) is 44.7. The summed E-state index contributed by atoms with van der Waals surface area (Å²) in [5, 5.41) is 2.02. The Hall–Kier alpha value is -6.10. The lowest BCUT2D eigenvalue weighted by atomic mass is 9.72. The summed E-state index contributed by atoms with van der Waals surface area (Å²) >= 11 is 0. The maximum Gasteiger partial charge on any atom is 0.229 e. The Labute approximate surface area is 388 Å². The van der Waals surface area contributed by atoms with Crippen LogP contribution in [0, 0.1) is 23.7 Å². The van der Waals surface area contributed by atoms with E-state index in [1.54, 1.807) is 14.2 Å². The van der Waals surface area contributed by atoms with Gasteiger partial charge < -0.3 is 18.9 Å². The molecule has 338 valence electrons. The third-order valence-corrected chi connectivity index (χ3v) is 15.6. The molecule has 6 fully saturated rings. The van der Waals surface area contributed by atoms with Crippen LogP contribution in [0.25, 0.3) is 44.3 Å². The Morgan fingerprint density at radius 1 is 0.576 bits per heavy atom. The number of piperidine rings is 6. The van der Waals surface area contributed by atoms with Gasteiger partial charge in [0.2, 0.25) is 11.8 Å². The molecule has 6 aliphatic heterocycles. The molecule has 0 saturated carbocycles. The molecule has 4 bridgehead atoms. The summed E-state index contributed by atoms with van der Waals surface area (Å²) in [5.41, 5.74) is 6.48. The number of fused-ring (bicyclic) bond motifs is 8. The minimum Gasteiger partial charge on any atom is -0.497 e. The summed E-state index contributed by atoms with van der Waals surface area (Å²) in [6.45, 7) is 8.88. The summed E-state index contributed by atoms with van der Waals surface area (Å²) in [7, 11) is 3.44. The smallest absolute Gasteiger partial charge is 0.229 e. The molecular weight excluding hydrogens is 821 g/mol. The predicted octanol–water partition coefficient (Wildman–Crippen LogP) is 11.4. The maximum absolute atomic E-state index is 7.76. The highest BCUT2D eigenvalue weighted by Gasteiger charge is 2.47. The Balaban J connectivity index is 1.13. The van der Waals surface area contributed by atoms with Crippen LogP contribution in [0.15, 0.2) is 122 Å². The van der Waals surface area contributed by atoms with Gasteiger partial charge in [0.1, 0.15) is 29.3 Å². The van der Waals surface area contributed by atoms with E-state index in [1.165, 1.54) is 25.7 Å². The SMILES string of the molecule is CCC1CN2CCC1C[C@H]2[C@H](Oc1nc(-c2ccccc2)nc(O[C@@H](c2ccnc3ccc(OC)cc23)[C@@H]2CC3CCN2CC3CC)c1-c1ccccc1)c1ccnc2ccc(OC)cc12. The van der Waals surface area contributed by atoms with Crippen molar-refractivity contribution in [3.8, 4) is 45.8 Å². The first-order valence-corrected chi connectivity index (χ1v) is 24.2. The summed E-state index contributed by atoms with van der Waals surface area (Å²) in [5.74, 6) is 5.70. The van der Waals surface area contributed by atoms with E-state index in [2.05, 4.69) is 90.4 Å². The first kappa shape index (κ1) is 42.5. The van der Waals surface area contributed by atoms with Crippen molar-refractivity contribution >= 4 is 21.8 Å². The molecule has 0 amide bonds. The van der Waals surface area contributed by atoms with Crippen LogP contribution in [0.3, 0.4) is 0 Å². The van der Waals surface area contributed by atoms with Crippen LogP contribution in [-0.4, -0.2) is 82.2 Å². The van der Waals surface area contributed by atoms with Crippen LogP contribution in [0.2, 0.25) is 0 Å². The number of hydrogen-bond donors (Lipinski definition) is 0. The molecule has 0 aliphatic carbocycles. The first-order chi connectivity index (χ1) is 32.5. The van der Waals surface area contributed by atoms with Gasteiger partial charge in [-0.3, -0.25) is 19.8 Å². The van der Waals surface area contributed by atoms with E-state index in [-0.39, 0.29) is 12.1 Å². The minimum absolute atomic E-state index is 0.106. The predicted molar refractivity (Wildman–Crippen MR) is 260 cm³/mol. The molecule has 6 unspecified atom stereocenters. The molecule has 10 atom stereocenters. The van der Waals surface area contributed by atoms with Crippen molar-refractivity contribution in [3.05, 3.63) is 133 Å². The van der Waals surface area contributed by atoms with Gasteiger partial charge in [-0.05, 0) is 117 Å². The molecule has 3 aromatic heterocycles. The van der Waals surface area contributed by atoms with Crippen molar-refractivity contribution in [1.29, 1.82) is 0 Å². The molecule has 6 aliphatic rings. The summed E-state index contributed by atoms with van der Waals surface area (Å²) in [4.78, 5) is 26.0. The molecule has 7 aromatic rings. The van der Waals surface area contributed by atoms with Gasteiger partial charge in [-0.1, -0.05) is 87.4 Å². The number of pyridine rings is 2. The van der Waals surface area contributed by atoms with E-state index >= 15 is 0 Å². The minimum atomic E-state index is -0.393. The monoisotopic (exact) mass is 880 g/mol. The fourth-order valence-corrected chi connectivity index (χ4v) is 12.1. The van der Waals surface area contributed by atoms with Gasteiger partial charge >= 0.3 is 0 Å². The van der Waals surface area contributed by atoms with Crippen molar-refractivity contribution in [2.75, 3.05) is 40.4 Å². The molecule has 10 nitrogen and oxygen atoms in total. The van der Waals surface area contributed by atoms with E-state index in [9.17, 15) is 0 Å². The van der Waals surface area contributed by atoms with Crippen LogP contribution in [0.1, 0.15) is 75.7 Å². The van der Waals surface area contributed by atoms with Gasteiger partial charge in [0, 0.05) is 52.9 Å². The molecule has 6 saturated heterocycles. The van der Waals surface area contributed by atoms with Crippen molar-refractivity contribution in [2.45, 2.75) is 76.7 Å². The molecule has 66 heavy (non-hydrogen) atoms. The maximum atomic E-state index is 7.76. The molecule has 0 N–H and O–H groups in total. The Morgan fingerprint density at radius 2 is 1.05 bits per heavy atom. The summed E-state index contributed by atoms with van der Waals surface area (Å²) in [6, 6.07) is 37.4. The van der Waals surface area contributed by atoms with Gasteiger partial charge in [0.05, 0.1) is 37.3 Å². The van der Waals surface area contributed by atoms with E-state index in [1.807, 2.05) is 54.9 Å². The standard InChI is InChI=1S/C56H60N6O4/c1-5-35-33-61-27-23-39(35)29-49(61)52(43-21-25-57-47-19-17-41(63-3)31-45(43)47)65-55-51(37-13-9-7-10-14-37)56(60-54(59-55)38-15-11-8-12-16-38)66-53(50-30-40-24-28-62(50)34-36(40)6-2)44-22-26-58-48-20-18-42(64-4)32-46(44)48/h7-22,25-26,31-32,35-36,39-40,49-50,52-53H,5-6,23-24,27-30,33-34H2,1-4H3/t35?,36?,39?,40?,49-,50-,52-,53+/m0/s1. The average Bonchev–Trinajstić information content (AvgIpc) is 3.39. The molecule has 0 spiro atoms. The quantitative estimate of drug-likeness (QED) is 0.105. The fraction of sp³-hybridized carbons (Fsp3) is 0.393. The van der Waals surface area contributed by atoms with E-state index in [0.29, 0.717) is 41.3 Å². The van der Waals surface area contributed by atoms with Crippen LogP contribution < -0.4 is 18.9 Å². The Bertz CT molecular complexity index is 2680. The highest BCUT2D eigenvalue weighted by Crippen LogP contribution is 2.50. The van der Waals surface area contributed by atoms with E-state index < -0.39 is 12.2 Å². The van der Waals surface area contributed by atoms with Gasteiger partial charge in [-0.2, -0.15) is 9.97 Å². The lowest BCUT2D eigenvalue weighted by Crippen LogP contribution is -2.56. The lowest BCUT2D eigenvalue weighted by molar-refractivity contribution is -0.0510. The Morgan fingerprint density at radius 3 is 1.47 bits per heavy atom. The molecule has 13 rings (SSSR count). The topological polar surface area (TPSA) is 95.0 Å². The number of nitrogens with zero attached hydrogens (tertiary/aromatic N) is 6. The lowest BCUT2D eigenvalue weighted by Gasteiger charge is -2.52. The van der Waals surface area contributed by atoms with Crippen molar-refractivity contribution < 1.29 is 18.9 Å². The van der Waals surface area contributed by atoms with Crippen LogP contribution in [0.4, 0.5) is 0 Å². The van der Waals surface area contributed by atoms with Crippen LogP contribution in [-0.2, 0) is 0 Å². The third kappa shape index (κ3) is 7.91. The third-order valence-electron chi connectivity index (χ3n) is 15.6. The molecule has 4 aromatic carbocycles. The van der Waals surface area contributed by atoms with Gasteiger partial charge in [0.25, 0.3) is 0 Å². The first-order valence-electron chi connectivity index (χ1n) is 24.2. The van der Waals surface area contributed by atoms with Crippen LogP contribution in [0.5, 0.6) is 23.3 Å². The highest BCUT2D eigenvalue weighted by atomic mass is 16.5. The molecule has 10 heteroatoms. The number of aromatic nitrogens is 4. The number of benzene rings is 4. The largest absolute Gasteiger partial charge is 0.497 e. The average molecular weight is 881 g/mol. The normalized spacial score (nSPS) is 25.4. The fourth-order valence-electron chi connectivity index (χ4n) is 12.1. The molecule has 9 heterocycles. The Kier molecular flexibility index (Phi) is 11.8. The molecule has 0 radical (unpaired) electrons. The number of rotatable bonds is 14. The van der Waals surface area contributed by atoms with Crippen LogP contribution >= 0.6 is 0 Å². The van der Waals surface area contributed by atoms with Crippen molar-refractivity contribution in [1.82, 2.24) is 29.7 Å². The second-order valence-electron chi connectivity index (χ2n) is 18.9. The number of methoxy groups -OCH3 is 2. The molecular formula is C56H60N6O4.